The van der Waals surface area contributed by atoms with Gasteiger partial charge in [0.05, 0.1) is 18.9 Å². The fraction of sp³-hybridized carbons (Fsp3) is 0.286. The summed E-state index contributed by atoms with van der Waals surface area (Å²) in [6.07, 6.45) is 1.59. The standard InChI is InChI=1S/C7H12N6O2/c8-7(15)4(14)1-11-5-2-10-3-6(12-5)13-9/h2-4,14H,1,9H2,(H2,8,15)(H2,11,12,13). The van der Waals surface area contributed by atoms with Crippen LogP contribution in [-0.4, -0.2) is 33.6 Å². The zero-order chi connectivity index (χ0) is 11.3. The first-order valence-electron chi connectivity index (χ1n) is 4.13. The predicted molar refractivity (Wildman–Crippen MR) is 53.5 cm³/mol. The van der Waals surface area contributed by atoms with Crippen LogP contribution in [-0.2, 0) is 4.79 Å². The quantitative estimate of drug-likeness (QED) is 0.281. The van der Waals surface area contributed by atoms with Gasteiger partial charge in [-0.3, -0.25) is 9.78 Å². The molecule has 1 unspecified atom stereocenters. The summed E-state index contributed by atoms with van der Waals surface area (Å²) in [5, 5.41) is 11.8. The Bertz CT molecular complexity index is 344. The molecule has 0 aromatic carbocycles. The van der Waals surface area contributed by atoms with Crippen LogP contribution >= 0.6 is 0 Å². The van der Waals surface area contributed by atoms with Crippen molar-refractivity contribution in [1.29, 1.82) is 0 Å². The van der Waals surface area contributed by atoms with Gasteiger partial charge >= 0.3 is 0 Å². The third-order valence-corrected chi connectivity index (χ3v) is 1.59. The van der Waals surface area contributed by atoms with Gasteiger partial charge in [0.1, 0.15) is 11.9 Å². The van der Waals surface area contributed by atoms with Crippen molar-refractivity contribution >= 4 is 17.5 Å². The summed E-state index contributed by atoms with van der Waals surface area (Å²) < 4.78 is 0. The highest BCUT2D eigenvalue weighted by molar-refractivity contribution is 5.79. The molecule has 82 valence electrons. The number of anilines is 2. The molecule has 8 nitrogen and oxygen atoms in total. The number of carbonyl (C=O) groups is 1. The fourth-order valence-electron chi connectivity index (χ4n) is 0.823. The number of rotatable bonds is 5. The number of hydrogen-bond acceptors (Lipinski definition) is 7. The Balaban J connectivity index is 2.53. The smallest absolute Gasteiger partial charge is 0.248 e. The Labute approximate surface area is 85.7 Å². The number of amides is 1. The lowest BCUT2D eigenvalue weighted by molar-refractivity contribution is -0.125. The van der Waals surface area contributed by atoms with Crippen LogP contribution in [0.4, 0.5) is 11.6 Å². The number of nitrogens with zero attached hydrogens (tertiary/aromatic N) is 2. The Morgan fingerprint density at radius 3 is 2.80 bits per heavy atom. The van der Waals surface area contributed by atoms with Crippen molar-refractivity contribution in [3.8, 4) is 0 Å². The van der Waals surface area contributed by atoms with Crippen LogP contribution in [0.2, 0.25) is 0 Å². The first-order chi connectivity index (χ1) is 7.13. The summed E-state index contributed by atoms with van der Waals surface area (Å²) in [7, 11) is 0. The molecule has 0 saturated heterocycles. The molecule has 0 aliphatic heterocycles. The first kappa shape index (κ1) is 11.1. The molecule has 1 rings (SSSR count). The van der Waals surface area contributed by atoms with E-state index in [-0.39, 0.29) is 6.54 Å². The van der Waals surface area contributed by atoms with Gasteiger partial charge in [-0.05, 0) is 0 Å². The number of hydrazine groups is 1. The lowest BCUT2D eigenvalue weighted by Crippen LogP contribution is -2.34. The molecule has 1 aromatic rings. The topological polar surface area (TPSA) is 139 Å². The highest BCUT2D eigenvalue weighted by Crippen LogP contribution is 2.04. The number of aliphatic hydroxyl groups excluding tert-OH is 1. The second-order valence-electron chi connectivity index (χ2n) is 2.73. The molecule has 0 bridgehead atoms. The molecule has 0 spiro atoms. The number of aromatic nitrogens is 2. The van der Waals surface area contributed by atoms with E-state index in [4.69, 9.17) is 16.7 Å². The maximum Gasteiger partial charge on any atom is 0.248 e. The Morgan fingerprint density at radius 1 is 1.53 bits per heavy atom. The minimum atomic E-state index is -1.26. The molecule has 1 amide bonds. The molecule has 1 aromatic heterocycles. The van der Waals surface area contributed by atoms with Crippen molar-refractivity contribution in [3.05, 3.63) is 12.4 Å². The largest absolute Gasteiger partial charge is 0.381 e. The van der Waals surface area contributed by atoms with E-state index in [1.54, 1.807) is 0 Å². The number of primary amides is 1. The van der Waals surface area contributed by atoms with E-state index in [9.17, 15) is 4.79 Å². The van der Waals surface area contributed by atoms with E-state index >= 15 is 0 Å². The number of nitrogen functional groups attached to an aromatic ring is 1. The van der Waals surface area contributed by atoms with Crippen molar-refractivity contribution in [2.45, 2.75) is 6.10 Å². The average molecular weight is 212 g/mol. The Hall–Kier alpha value is -1.93. The third-order valence-electron chi connectivity index (χ3n) is 1.59. The number of nitrogens with two attached hydrogens (primary N) is 2. The van der Waals surface area contributed by atoms with Crippen LogP contribution in [0.25, 0.3) is 0 Å². The normalized spacial score (nSPS) is 11.9. The van der Waals surface area contributed by atoms with E-state index in [1.807, 2.05) is 0 Å². The van der Waals surface area contributed by atoms with Gasteiger partial charge < -0.3 is 21.6 Å². The van der Waals surface area contributed by atoms with E-state index in [0.29, 0.717) is 11.6 Å². The van der Waals surface area contributed by atoms with E-state index in [0.717, 1.165) is 0 Å². The van der Waals surface area contributed by atoms with E-state index in [1.165, 1.54) is 12.4 Å². The Kier molecular flexibility index (Phi) is 3.77. The molecule has 1 heterocycles. The van der Waals surface area contributed by atoms with Gasteiger partial charge in [-0.15, -0.1) is 0 Å². The van der Waals surface area contributed by atoms with Crippen LogP contribution in [0.1, 0.15) is 0 Å². The molecule has 0 saturated carbocycles. The first-order valence-corrected chi connectivity index (χ1v) is 4.13. The molecule has 0 aliphatic rings. The van der Waals surface area contributed by atoms with E-state index < -0.39 is 12.0 Å². The summed E-state index contributed by atoms with van der Waals surface area (Å²) in [4.78, 5) is 18.3. The maximum absolute atomic E-state index is 10.5. The molecule has 7 N–H and O–H groups in total. The van der Waals surface area contributed by atoms with Gasteiger partial charge in [0.15, 0.2) is 5.82 Å². The molecular formula is C7H12N6O2. The molecular weight excluding hydrogens is 200 g/mol. The molecule has 15 heavy (non-hydrogen) atoms. The molecule has 0 aliphatic carbocycles. The summed E-state index contributed by atoms with van der Waals surface area (Å²) in [5.41, 5.74) is 7.17. The highest BCUT2D eigenvalue weighted by atomic mass is 16.3. The number of nitrogens with one attached hydrogen (secondary N) is 2. The molecule has 8 heteroatoms. The monoisotopic (exact) mass is 212 g/mol. The number of aliphatic hydroxyl groups is 1. The van der Waals surface area contributed by atoms with Crippen molar-refractivity contribution in [2.24, 2.45) is 11.6 Å². The zero-order valence-electron chi connectivity index (χ0n) is 7.84. The minimum absolute atomic E-state index is 0.0297. The van der Waals surface area contributed by atoms with Gasteiger partial charge in [0, 0.05) is 0 Å². The molecule has 1 atom stereocenters. The lowest BCUT2D eigenvalue weighted by atomic mass is 10.3. The summed E-state index contributed by atoms with van der Waals surface area (Å²) in [5.74, 6) is 5.07. The summed E-state index contributed by atoms with van der Waals surface area (Å²) in [6.45, 7) is -0.0297. The van der Waals surface area contributed by atoms with Crippen molar-refractivity contribution in [3.63, 3.8) is 0 Å². The number of carbonyl (C=O) groups excluding carboxylic acids is 1. The average Bonchev–Trinajstić information content (AvgIpc) is 2.26. The van der Waals surface area contributed by atoms with Crippen LogP contribution in [0.15, 0.2) is 12.4 Å². The lowest BCUT2D eigenvalue weighted by Gasteiger charge is -2.09. The predicted octanol–water partition coefficient (Wildman–Crippen LogP) is -1.98. The fourth-order valence-corrected chi connectivity index (χ4v) is 0.823. The second kappa shape index (κ2) is 5.08. The van der Waals surface area contributed by atoms with Gasteiger partial charge in [-0.1, -0.05) is 0 Å². The van der Waals surface area contributed by atoms with Crippen LogP contribution < -0.4 is 22.3 Å². The van der Waals surface area contributed by atoms with Crippen molar-refractivity contribution < 1.29 is 9.90 Å². The molecule has 0 fully saturated rings. The number of hydrogen-bond donors (Lipinski definition) is 5. The van der Waals surface area contributed by atoms with Crippen LogP contribution in [0.3, 0.4) is 0 Å². The molecule has 0 radical (unpaired) electrons. The second-order valence-corrected chi connectivity index (χ2v) is 2.73. The third kappa shape index (κ3) is 3.37. The van der Waals surface area contributed by atoms with Gasteiger partial charge in [0.2, 0.25) is 5.91 Å². The van der Waals surface area contributed by atoms with Crippen molar-refractivity contribution in [2.75, 3.05) is 17.3 Å². The minimum Gasteiger partial charge on any atom is -0.381 e. The van der Waals surface area contributed by atoms with Gasteiger partial charge in [-0.2, -0.15) is 0 Å². The summed E-state index contributed by atoms with van der Waals surface area (Å²) >= 11 is 0. The summed E-state index contributed by atoms with van der Waals surface area (Å²) in [6, 6.07) is 0. The maximum atomic E-state index is 10.5. The van der Waals surface area contributed by atoms with Gasteiger partial charge in [-0.25, -0.2) is 10.8 Å². The van der Waals surface area contributed by atoms with Crippen LogP contribution in [0, 0.1) is 0 Å². The SMILES string of the molecule is NNc1cncc(NCC(O)C(N)=O)n1. The van der Waals surface area contributed by atoms with Crippen molar-refractivity contribution in [1.82, 2.24) is 9.97 Å². The van der Waals surface area contributed by atoms with Crippen LogP contribution in [0.5, 0.6) is 0 Å². The zero-order valence-corrected chi connectivity index (χ0v) is 7.84. The van der Waals surface area contributed by atoms with Gasteiger partial charge in [0.25, 0.3) is 0 Å². The Morgan fingerprint density at radius 2 is 2.20 bits per heavy atom. The highest BCUT2D eigenvalue weighted by Gasteiger charge is 2.10. The van der Waals surface area contributed by atoms with E-state index in [2.05, 4.69) is 20.7 Å².